The number of hydrogen-bond acceptors (Lipinski definition) is 2. The monoisotopic (exact) mass is 297 g/mol. The predicted molar refractivity (Wildman–Crippen MR) is 93.9 cm³/mol. The van der Waals surface area contributed by atoms with E-state index >= 15 is 0 Å². The SMILES string of the molecule is C/C(=C\c1ccccc1)CNC(C)Cc1c(C)nn(C)c1C. The van der Waals surface area contributed by atoms with Crippen LogP contribution in [0.1, 0.15) is 36.4 Å². The lowest BCUT2D eigenvalue weighted by molar-refractivity contribution is 0.570. The normalized spacial score (nSPS) is 13.4. The number of aryl methyl sites for hydroxylation is 2. The molecule has 1 aromatic heterocycles. The molecule has 22 heavy (non-hydrogen) atoms. The molecule has 2 rings (SSSR count). The first-order valence-electron chi connectivity index (χ1n) is 7.92. The highest BCUT2D eigenvalue weighted by Gasteiger charge is 2.12. The smallest absolute Gasteiger partial charge is 0.0628 e. The fraction of sp³-hybridized carbons (Fsp3) is 0.421. The summed E-state index contributed by atoms with van der Waals surface area (Å²) in [6, 6.07) is 10.9. The Morgan fingerprint density at radius 3 is 2.55 bits per heavy atom. The zero-order valence-corrected chi connectivity index (χ0v) is 14.4. The molecular formula is C19H27N3. The number of nitrogens with one attached hydrogen (secondary N) is 1. The van der Waals surface area contributed by atoms with E-state index in [0.29, 0.717) is 6.04 Å². The van der Waals surface area contributed by atoms with Gasteiger partial charge in [0.15, 0.2) is 0 Å². The van der Waals surface area contributed by atoms with Crippen LogP contribution in [0.4, 0.5) is 0 Å². The first-order valence-corrected chi connectivity index (χ1v) is 7.92. The van der Waals surface area contributed by atoms with E-state index < -0.39 is 0 Å². The summed E-state index contributed by atoms with van der Waals surface area (Å²) in [6.45, 7) is 9.56. The van der Waals surface area contributed by atoms with Crippen molar-refractivity contribution in [2.45, 2.75) is 40.2 Å². The van der Waals surface area contributed by atoms with Gasteiger partial charge in [-0.1, -0.05) is 42.0 Å². The number of rotatable bonds is 6. The Labute approximate surface area is 134 Å². The van der Waals surface area contributed by atoms with Crippen molar-refractivity contribution in [2.75, 3.05) is 6.54 Å². The number of aromatic nitrogens is 2. The van der Waals surface area contributed by atoms with Gasteiger partial charge in [0.2, 0.25) is 0 Å². The van der Waals surface area contributed by atoms with E-state index in [0.717, 1.165) is 18.7 Å². The third-order valence-electron chi connectivity index (χ3n) is 4.11. The van der Waals surface area contributed by atoms with Crippen LogP contribution in [0.2, 0.25) is 0 Å². The minimum Gasteiger partial charge on any atom is -0.310 e. The molecule has 1 N–H and O–H groups in total. The van der Waals surface area contributed by atoms with Crippen molar-refractivity contribution in [3.8, 4) is 0 Å². The molecule has 3 nitrogen and oxygen atoms in total. The Hall–Kier alpha value is -1.87. The van der Waals surface area contributed by atoms with Crippen molar-refractivity contribution < 1.29 is 0 Å². The summed E-state index contributed by atoms with van der Waals surface area (Å²) in [5, 5.41) is 8.10. The van der Waals surface area contributed by atoms with Gasteiger partial charge < -0.3 is 5.32 Å². The first-order chi connectivity index (χ1) is 10.5. The molecule has 0 saturated heterocycles. The second-order valence-electron chi connectivity index (χ2n) is 6.16. The maximum atomic E-state index is 4.49. The molecule has 1 unspecified atom stereocenters. The Morgan fingerprint density at radius 2 is 1.95 bits per heavy atom. The standard InChI is InChI=1S/C19H27N3/c1-14(11-18-9-7-6-8-10-18)13-20-15(2)12-19-16(3)21-22(5)17(19)4/h6-11,15,20H,12-13H2,1-5H3/b14-11+. The highest BCUT2D eigenvalue weighted by atomic mass is 15.3. The average molecular weight is 297 g/mol. The molecule has 1 atom stereocenters. The number of benzene rings is 1. The largest absolute Gasteiger partial charge is 0.310 e. The maximum Gasteiger partial charge on any atom is 0.0628 e. The van der Waals surface area contributed by atoms with Crippen LogP contribution < -0.4 is 5.32 Å². The topological polar surface area (TPSA) is 29.9 Å². The van der Waals surface area contributed by atoms with Gasteiger partial charge in [0.05, 0.1) is 5.69 Å². The van der Waals surface area contributed by atoms with Gasteiger partial charge in [0.1, 0.15) is 0 Å². The van der Waals surface area contributed by atoms with E-state index in [-0.39, 0.29) is 0 Å². The fourth-order valence-electron chi connectivity index (χ4n) is 2.71. The van der Waals surface area contributed by atoms with Crippen molar-refractivity contribution >= 4 is 6.08 Å². The van der Waals surface area contributed by atoms with Gasteiger partial charge in [0, 0.05) is 25.3 Å². The molecule has 0 aliphatic rings. The fourth-order valence-corrected chi connectivity index (χ4v) is 2.71. The lowest BCUT2D eigenvalue weighted by Gasteiger charge is -2.14. The minimum absolute atomic E-state index is 0.431. The van der Waals surface area contributed by atoms with Crippen molar-refractivity contribution in [2.24, 2.45) is 7.05 Å². The summed E-state index contributed by atoms with van der Waals surface area (Å²) in [5.41, 5.74) is 6.38. The van der Waals surface area contributed by atoms with Crippen molar-refractivity contribution in [3.63, 3.8) is 0 Å². The van der Waals surface area contributed by atoms with E-state index in [2.05, 4.69) is 68.5 Å². The van der Waals surface area contributed by atoms with E-state index in [1.165, 1.54) is 22.4 Å². The lowest BCUT2D eigenvalue weighted by Crippen LogP contribution is -2.29. The zero-order chi connectivity index (χ0) is 16.1. The quantitative estimate of drug-likeness (QED) is 0.882. The van der Waals surface area contributed by atoms with Crippen LogP contribution in [0.3, 0.4) is 0 Å². The van der Waals surface area contributed by atoms with E-state index in [4.69, 9.17) is 0 Å². The van der Waals surface area contributed by atoms with Crippen LogP contribution in [-0.4, -0.2) is 22.4 Å². The number of nitrogens with zero attached hydrogens (tertiary/aromatic N) is 2. The molecule has 0 spiro atoms. The Balaban J connectivity index is 1.90. The molecule has 0 saturated carbocycles. The summed E-state index contributed by atoms with van der Waals surface area (Å²) in [6.07, 6.45) is 3.25. The van der Waals surface area contributed by atoms with E-state index in [1.54, 1.807) is 0 Å². The molecule has 1 aromatic carbocycles. The van der Waals surface area contributed by atoms with Crippen LogP contribution in [-0.2, 0) is 13.5 Å². The zero-order valence-electron chi connectivity index (χ0n) is 14.4. The van der Waals surface area contributed by atoms with Crippen LogP contribution in [0.5, 0.6) is 0 Å². The molecule has 0 fully saturated rings. The molecule has 0 aliphatic heterocycles. The predicted octanol–water partition coefficient (Wildman–Crippen LogP) is 3.66. The summed E-state index contributed by atoms with van der Waals surface area (Å²) in [4.78, 5) is 0. The van der Waals surface area contributed by atoms with Crippen LogP contribution in [0, 0.1) is 13.8 Å². The summed E-state index contributed by atoms with van der Waals surface area (Å²) in [5.74, 6) is 0. The second-order valence-corrected chi connectivity index (χ2v) is 6.16. The Bertz CT molecular complexity index is 638. The van der Waals surface area contributed by atoms with Gasteiger partial charge >= 0.3 is 0 Å². The minimum atomic E-state index is 0.431. The molecule has 2 aromatic rings. The molecule has 0 aliphatic carbocycles. The van der Waals surface area contributed by atoms with Gasteiger partial charge in [-0.05, 0) is 45.2 Å². The molecule has 3 heteroatoms. The van der Waals surface area contributed by atoms with Gasteiger partial charge in [-0.15, -0.1) is 0 Å². The molecule has 1 heterocycles. The maximum absolute atomic E-state index is 4.49. The van der Waals surface area contributed by atoms with Crippen molar-refractivity contribution in [3.05, 3.63) is 58.4 Å². The Morgan fingerprint density at radius 1 is 1.27 bits per heavy atom. The Kier molecular flexibility index (Phi) is 5.56. The molecule has 0 amide bonds. The van der Waals surface area contributed by atoms with Gasteiger partial charge in [-0.2, -0.15) is 5.10 Å². The van der Waals surface area contributed by atoms with Crippen LogP contribution in [0.15, 0.2) is 35.9 Å². The molecular weight excluding hydrogens is 270 g/mol. The van der Waals surface area contributed by atoms with E-state index in [9.17, 15) is 0 Å². The molecule has 0 radical (unpaired) electrons. The van der Waals surface area contributed by atoms with Gasteiger partial charge in [-0.25, -0.2) is 0 Å². The second kappa shape index (κ2) is 7.41. The number of hydrogen-bond donors (Lipinski definition) is 1. The summed E-state index contributed by atoms with van der Waals surface area (Å²) in [7, 11) is 2.01. The first kappa shape index (κ1) is 16.5. The van der Waals surface area contributed by atoms with Crippen LogP contribution >= 0.6 is 0 Å². The van der Waals surface area contributed by atoms with Crippen molar-refractivity contribution in [1.82, 2.24) is 15.1 Å². The van der Waals surface area contributed by atoms with Gasteiger partial charge in [-0.3, -0.25) is 4.68 Å². The summed E-state index contributed by atoms with van der Waals surface area (Å²) >= 11 is 0. The van der Waals surface area contributed by atoms with Gasteiger partial charge in [0.25, 0.3) is 0 Å². The molecule has 118 valence electrons. The molecule has 0 bridgehead atoms. The average Bonchev–Trinajstić information content (AvgIpc) is 2.73. The van der Waals surface area contributed by atoms with Crippen molar-refractivity contribution in [1.29, 1.82) is 0 Å². The third-order valence-corrected chi connectivity index (χ3v) is 4.11. The lowest BCUT2D eigenvalue weighted by atomic mass is 10.0. The van der Waals surface area contributed by atoms with E-state index in [1.807, 2.05) is 17.8 Å². The van der Waals surface area contributed by atoms with Crippen LogP contribution in [0.25, 0.3) is 6.08 Å². The summed E-state index contributed by atoms with van der Waals surface area (Å²) < 4.78 is 1.97. The third kappa shape index (κ3) is 4.31. The highest BCUT2D eigenvalue weighted by Crippen LogP contribution is 2.14. The highest BCUT2D eigenvalue weighted by molar-refractivity contribution is 5.52.